The maximum Gasteiger partial charge on any atom is 0.163 e. The normalized spacial score (nSPS) is 31.6. The molecule has 1 saturated heterocycles. The average Bonchev–Trinajstić information content (AvgIpc) is 2.67. The summed E-state index contributed by atoms with van der Waals surface area (Å²) in [4.78, 5) is 0. The molecule has 2 unspecified atom stereocenters. The molecule has 17 heavy (non-hydrogen) atoms. The van der Waals surface area contributed by atoms with Gasteiger partial charge in [-0.05, 0) is 39.5 Å². The van der Waals surface area contributed by atoms with Crippen LogP contribution in [0.4, 0.5) is 0 Å². The molecular formula is C14H27NO2. The molecule has 0 aromatic heterocycles. The summed E-state index contributed by atoms with van der Waals surface area (Å²) in [6.07, 6.45) is 7.25. The van der Waals surface area contributed by atoms with Gasteiger partial charge in [0.15, 0.2) is 5.79 Å². The van der Waals surface area contributed by atoms with Gasteiger partial charge in [-0.25, -0.2) is 0 Å². The second-order valence-electron chi connectivity index (χ2n) is 6.05. The van der Waals surface area contributed by atoms with Crippen molar-refractivity contribution < 1.29 is 9.47 Å². The predicted molar refractivity (Wildman–Crippen MR) is 68.9 cm³/mol. The molecule has 2 fully saturated rings. The Morgan fingerprint density at radius 3 is 2.53 bits per heavy atom. The molecule has 100 valence electrons. The Kier molecular flexibility index (Phi) is 4.45. The minimum Gasteiger partial charge on any atom is -0.348 e. The van der Waals surface area contributed by atoms with E-state index in [2.05, 4.69) is 12.2 Å². The Morgan fingerprint density at radius 1 is 1.24 bits per heavy atom. The lowest BCUT2D eigenvalue weighted by Crippen LogP contribution is -2.40. The van der Waals surface area contributed by atoms with E-state index in [4.69, 9.17) is 9.47 Å². The van der Waals surface area contributed by atoms with Crippen LogP contribution in [0.5, 0.6) is 0 Å². The smallest absolute Gasteiger partial charge is 0.163 e. The minimum atomic E-state index is -0.388. The quantitative estimate of drug-likeness (QED) is 0.821. The largest absolute Gasteiger partial charge is 0.348 e. The Balaban J connectivity index is 1.67. The lowest BCUT2D eigenvalue weighted by molar-refractivity contribution is -0.138. The summed E-state index contributed by atoms with van der Waals surface area (Å²) >= 11 is 0. The number of nitrogens with one attached hydrogen (secondary N) is 1. The third-order valence-corrected chi connectivity index (χ3v) is 4.09. The van der Waals surface area contributed by atoms with Crippen LogP contribution in [0.3, 0.4) is 0 Å². The first-order valence-electron chi connectivity index (χ1n) is 7.12. The van der Waals surface area contributed by atoms with E-state index in [1.165, 1.54) is 32.1 Å². The molecule has 1 aliphatic heterocycles. The zero-order valence-corrected chi connectivity index (χ0v) is 11.5. The van der Waals surface area contributed by atoms with E-state index in [-0.39, 0.29) is 11.9 Å². The van der Waals surface area contributed by atoms with E-state index in [1.807, 2.05) is 13.8 Å². The molecule has 2 aliphatic rings. The van der Waals surface area contributed by atoms with Gasteiger partial charge in [0.1, 0.15) is 0 Å². The Hall–Kier alpha value is -0.120. The number of hydrogen-bond donors (Lipinski definition) is 1. The van der Waals surface area contributed by atoms with Crippen molar-refractivity contribution >= 4 is 0 Å². The van der Waals surface area contributed by atoms with E-state index in [9.17, 15) is 0 Å². The fourth-order valence-electron chi connectivity index (χ4n) is 2.98. The third-order valence-electron chi connectivity index (χ3n) is 4.09. The highest BCUT2D eigenvalue weighted by Crippen LogP contribution is 2.27. The van der Waals surface area contributed by atoms with Gasteiger partial charge < -0.3 is 14.8 Å². The summed E-state index contributed by atoms with van der Waals surface area (Å²) in [5, 5.41) is 3.63. The summed E-state index contributed by atoms with van der Waals surface area (Å²) in [6, 6.07) is 0.614. The lowest BCUT2D eigenvalue weighted by atomic mass is 9.84. The van der Waals surface area contributed by atoms with Crippen LogP contribution in [0.25, 0.3) is 0 Å². The molecule has 0 aromatic rings. The second-order valence-corrected chi connectivity index (χ2v) is 6.05. The molecule has 1 aliphatic carbocycles. The van der Waals surface area contributed by atoms with Crippen LogP contribution in [0, 0.1) is 5.92 Å². The zero-order valence-electron chi connectivity index (χ0n) is 11.5. The molecule has 3 nitrogen and oxygen atoms in total. The highest BCUT2D eigenvalue weighted by Gasteiger charge is 2.32. The SMILES string of the molecule is CC(NCC1COC(C)(C)O1)C1CCCCC1. The minimum absolute atomic E-state index is 0.219. The first-order chi connectivity index (χ1) is 8.07. The van der Waals surface area contributed by atoms with Gasteiger partial charge in [-0.15, -0.1) is 0 Å². The van der Waals surface area contributed by atoms with Gasteiger partial charge in [0, 0.05) is 12.6 Å². The highest BCUT2D eigenvalue weighted by molar-refractivity contribution is 4.79. The molecule has 1 heterocycles. The van der Waals surface area contributed by atoms with Gasteiger partial charge in [0.2, 0.25) is 0 Å². The van der Waals surface area contributed by atoms with E-state index < -0.39 is 0 Å². The fourth-order valence-corrected chi connectivity index (χ4v) is 2.98. The molecule has 1 saturated carbocycles. The van der Waals surface area contributed by atoms with Crippen molar-refractivity contribution in [3.8, 4) is 0 Å². The monoisotopic (exact) mass is 241 g/mol. The van der Waals surface area contributed by atoms with Crippen LogP contribution in [0.2, 0.25) is 0 Å². The molecule has 1 N–H and O–H groups in total. The molecular weight excluding hydrogens is 214 g/mol. The molecule has 2 rings (SSSR count). The molecule has 0 amide bonds. The molecule has 2 atom stereocenters. The van der Waals surface area contributed by atoms with Crippen molar-refractivity contribution in [1.29, 1.82) is 0 Å². The van der Waals surface area contributed by atoms with E-state index >= 15 is 0 Å². The van der Waals surface area contributed by atoms with Crippen molar-refractivity contribution in [3.63, 3.8) is 0 Å². The standard InChI is InChI=1S/C14H27NO2/c1-11(12-7-5-4-6-8-12)15-9-13-10-16-14(2,3)17-13/h11-13,15H,4-10H2,1-3H3. The van der Waals surface area contributed by atoms with Crippen molar-refractivity contribution in [2.75, 3.05) is 13.2 Å². The second kappa shape index (κ2) is 5.68. The third kappa shape index (κ3) is 3.94. The van der Waals surface area contributed by atoms with E-state index in [0.717, 1.165) is 19.1 Å². The number of hydrogen-bond acceptors (Lipinski definition) is 3. The summed E-state index contributed by atoms with van der Waals surface area (Å²) in [7, 11) is 0. The van der Waals surface area contributed by atoms with Gasteiger partial charge in [-0.1, -0.05) is 19.3 Å². The molecule has 0 spiro atoms. The van der Waals surface area contributed by atoms with Crippen LogP contribution < -0.4 is 5.32 Å². The lowest BCUT2D eigenvalue weighted by Gasteiger charge is -2.29. The van der Waals surface area contributed by atoms with Gasteiger partial charge >= 0.3 is 0 Å². The van der Waals surface area contributed by atoms with E-state index in [0.29, 0.717) is 6.04 Å². The molecule has 0 bridgehead atoms. The van der Waals surface area contributed by atoms with Crippen molar-refractivity contribution in [1.82, 2.24) is 5.32 Å². The summed E-state index contributed by atoms with van der Waals surface area (Å²) in [5.74, 6) is 0.472. The number of rotatable bonds is 4. The Morgan fingerprint density at radius 2 is 1.94 bits per heavy atom. The molecule has 3 heteroatoms. The van der Waals surface area contributed by atoms with Gasteiger partial charge in [-0.3, -0.25) is 0 Å². The maximum absolute atomic E-state index is 5.80. The van der Waals surface area contributed by atoms with E-state index in [1.54, 1.807) is 0 Å². The first-order valence-corrected chi connectivity index (χ1v) is 7.12. The summed E-state index contributed by atoms with van der Waals surface area (Å²) in [6.45, 7) is 7.92. The van der Waals surface area contributed by atoms with Crippen LogP contribution >= 0.6 is 0 Å². The maximum atomic E-state index is 5.80. The zero-order chi connectivity index (χ0) is 12.3. The van der Waals surface area contributed by atoms with Crippen LogP contribution in [0.15, 0.2) is 0 Å². The van der Waals surface area contributed by atoms with Crippen LogP contribution in [-0.4, -0.2) is 31.1 Å². The van der Waals surface area contributed by atoms with Crippen LogP contribution in [0.1, 0.15) is 52.9 Å². The Bertz CT molecular complexity index is 236. The van der Waals surface area contributed by atoms with Gasteiger partial charge in [0.25, 0.3) is 0 Å². The fraction of sp³-hybridized carbons (Fsp3) is 1.00. The Labute approximate surface area is 105 Å². The molecule has 0 radical (unpaired) electrons. The average molecular weight is 241 g/mol. The van der Waals surface area contributed by atoms with Crippen molar-refractivity contribution in [3.05, 3.63) is 0 Å². The van der Waals surface area contributed by atoms with Gasteiger partial charge in [-0.2, -0.15) is 0 Å². The van der Waals surface area contributed by atoms with Crippen molar-refractivity contribution in [2.45, 2.75) is 70.8 Å². The van der Waals surface area contributed by atoms with Crippen LogP contribution in [-0.2, 0) is 9.47 Å². The van der Waals surface area contributed by atoms with Crippen molar-refractivity contribution in [2.24, 2.45) is 5.92 Å². The first kappa shape index (κ1) is 13.3. The predicted octanol–water partition coefficient (Wildman–Crippen LogP) is 2.70. The van der Waals surface area contributed by atoms with Gasteiger partial charge in [0.05, 0.1) is 12.7 Å². The summed E-state index contributed by atoms with van der Waals surface area (Å²) < 4.78 is 11.4. The number of ether oxygens (including phenoxy) is 2. The topological polar surface area (TPSA) is 30.5 Å². The summed E-state index contributed by atoms with van der Waals surface area (Å²) in [5.41, 5.74) is 0. The molecule has 0 aromatic carbocycles. The highest BCUT2D eigenvalue weighted by atomic mass is 16.7.